The molecule has 7 nitrogen and oxygen atoms in total. The molecule has 1 aromatic carbocycles. The Morgan fingerprint density at radius 2 is 1.88 bits per heavy atom. The molecule has 2 aromatic rings. The van der Waals surface area contributed by atoms with Gasteiger partial charge in [0.05, 0.1) is 14.2 Å². The molecule has 2 amide bonds. The summed E-state index contributed by atoms with van der Waals surface area (Å²) in [5.41, 5.74) is 6.28. The van der Waals surface area contributed by atoms with Gasteiger partial charge in [-0.05, 0) is 40.5 Å². The molecule has 2 N–H and O–H groups in total. The van der Waals surface area contributed by atoms with Gasteiger partial charge in [0.15, 0.2) is 11.5 Å². The number of carbonyl (C=O) groups excluding carboxylic acids is 2. The summed E-state index contributed by atoms with van der Waals surface area (Å²) in [6.45, 7) is 3.70. The highest BCUT2D eigenvalue weighted by Crippen LogP contribution is 2.33. The Hall–Kier alpha value is -2.74. The van der Waals surface area contributed by atoms with Gasteiger partial charge < -0.3 is 14.0 Å². The van der Waals surface area contributed by atoms with Gasteiger partial charge in [-0.15, -0.1) is 6.58 Å². The Kier molecular flexibility index (Phi) is 6.46. The third kappa shape index (κ3) is 4.26. The molecule has 0 bridgehead atoms. The van der Waals surface area contributed by atoms with Crippen LogP contribution in [0.5, 0.6) is 11.5 Å². The first-order chi connectivity index (χ1) is 12.4. The number of hydrogen-bond acceptors (Lipinski definition) is 4. The number of hydrazine groups is 1. The monoisotopic (exact) mass is 421 g/mol. The molecule has 0 aliphatic heterocycles. The number of ether oxygens (including phenoxy) is 2. The van der Waals surface area contributed by atoms with Crippen LogP contribution in [0.2, 0.25) is 0 Å². The predicted octanol–water partition coefficient (Wildman–Crippen LogP) is 2.61. The van der Waals surface area contributed by atoms with Crippen molar-refractivity contribution in [1.29, 1.82) is 0 Å². The van der Waals surface area contributed by atoms with Crippen molar-refractivity contribution >= 4 is 27.7 Å². The molecule has 1 heterocycles. The number of rotatable bonds is 6. The van der Waals surface area contributed by atoms with Gasteiger partial charge in [-0.25, -0.2) is 0 Å². The third-order valence-electron chi connectivity index (χ3n) is 3.68. The maximum atomic E-state index is 12.4. The lowest BCUT2D eigenvalue weighted by Gasteiger charge is -2.14. The van der Waals surface area contributed by atoms with Crippen molar-refractivity contribution in [2.24, 2.45) is 7.05 Å². The first kappa shape index (κ1) is 19.6. The highest BCUT2D eigenvalue weighted by molar-refractivity contribution is 9.10. The molecule has 0 aliphatic carbocycles. The van der Waals surface area contributed by atoms with Gasteiger partial charge in [-0.1, -0.05) is 6.08 Å². The highest BCUT2D eigenvalue weighted by atomic mass is 79.9. The predicted molar refractivity (Wildman–Crippen MR) is 101 cm³/mol. The molecular formula is C18H20BrN3O4. The van der Waals surface area contributed by atoms with Gasteiger partial charge in [0.1, 0.15) is 5.69 Å². The summed E-state index contributed by atoms with van der Waals surface area (Å²) >= 11 is 3.30. The molecule has 0 fully saturated rings. The second kappa shape index (κ2) is 8.57. The molecule has 2 rings (SSSR count). The Morgan fingerprint density at radius 1 is 1.19 bits per heavy atom. The van der Waals surface area contributed by atoms with E-state index in [4.69, 9.17) is 9.47 Å². The molecule has 0 saturated heterocycles. The van der Waals surface area contributed by atoms with Crippen molar-refractivity contribution in [3.63, 3.8) is 0 Å². The van der Waals surface area contributed by atoms with Gasteiger partial charge in [0.2, 0.25) is 0 Å². The first-order valence-corrected chi connectivity index (χ1v) is 8.48. The van der Waals surface area contributed by atoms with Crippen LogP contribution in [0.3, 0.4) is 0 Å². The summed E-state index contributed by atoms with van der Waals surface area (Å²) < 4.78 is 13.0. The van der Waals surface area contributed by atoms with Gasteiger partial charge in [0, 0.05) is 28.8 Å². The molecular weight excluding hydrogens is 402 g/mol. The van der Waals surface area contributed by atoms with Crippen molar-refractivity contribution in [2.45, 2.75) is 6.42 Å². The highest BCUT2D eigenvalue weighted by Gasteiger charge is 2.17. The number of carbonyl (C=O) groups is 2. The van der Waals surface area contributed by atoms with Crippen LogP contribution in [0.1, 0.15) is 26.4 Å². The lowest BCUT2D eigenvalue weighted by Crippen LogP contribution is -2.42. The number of benzene rings is 1. The first-order valence-electron chi connectivity index (χ1n) is 7.69. The normalized spacial score (nSPS) is 10.2. The van der Waals surface area contributed by atoms with E-state index in [0.29, 0.717) is 29.2 Å². The van der Waals surface area contributed by atoms with Gasteiger partial charge in [-0.3, -0.25) is 20.4 Å². The number of nitrogens with zero attached hydrogens (tertiary/aromatic N) is 1. The molecule has 0 saturated carbocycles. The van der Waals surface area contributed by atoms with E-state index >= 15 is 0 Å². The van der Waals surface area contributed by atoms with Crippen LogP contribution in [0.25, 0.3) is 0 Å². The Labute approximate surface area is 160 Å². The average Bonchev–Trinajstić information content (AvgIpc) is 2.97. The maximum Gasteiger partial charge on any atom is 0.286 e. The van der Waals surface area contributed by atoms with Crippen molar-refractivity contribution in [3.05, 3.63) is 58.3 Å². The summed E-state index contributed by atoms with van der Waals surface area (Å²) in [4.78, 5) is 24.6. The zero-order chi connectivity index (χ0) is 19.3. The van der Waals surface area contributed by atoms with E-state index in [0.717, 1.165) is 10.0 Å². The topological polar surface area (TPSA) is 81.6 Å². The van der Waals surface area contributed by atoms with Crippen molar-refractivity contribution in [2.75, 3.05) is 14.2 Å². The van der Waals surface area contributed by atoms with Crippen LogP contribution in [0, 0.1) is 0 Å². The number of aromatic nitrogens is 1. The van der Waals surface area contributed by atoms with Crippen molar-refractivity contribution in [1.82, 2.24) is 15.4 Å². The zero-order valence-electron chi connectivity index (χ0n) is 14.8. The summed E-state index contributed by atoms with van der Waals surface area (Å²) in [5, 5.41) is 0. The van der Waals surface area contributed by atoms with E-state index in [1.807, 2.05) is 0 Å². The van der Waals surface area contributed by atoms with Gasteiger partial charge in [0.25, 0.3) is 11.8 Å². The van der Waals surface area contributed by atoms with Gasteiger partial charge >= 0.3 is 0 Å². The lowest BCUT2D eigenvalue weighted by atomic mass is 10.1. The third-order valence-corrected chi connectivity index (χ3v) is 4.11. The molecule has 0 aliphatic rings. The molecule has 0 spiro atoms. The second-order valence-electron chi connectivity index (χ2n) is 5.43. The number of allylic oxidation sites excluding steroid dienone is 1. The number of aryl methyl sites for hydroxylation is 1. The SMILES string of the molecule is C=CCc1cc(C(=O)NNC(=O)c2cc(Br)cn2C)cc(OC)c1OC. The average molecular weight is 422 g/mol. The number of nitrogens with one attached hydrogen (secondary N) is 2. The van der Waals surface area contributed by atoms with E-state index < -0.39 is 11.8 Å². The minimum Gasteiger partial charge on any atom is -0.493 e. The van der Waals surface area contributed by atoms with E-state index in [-0.39, 0.29) is 0 Å². The zero-order valence-corrected chi connectivity index (χ0v) is 16.3. The van der Waals surface area contributed by atoms with Crippen LogP contribution < -0.4 is 20.3 Å². The van der Waals surface area contributed by atoms with Crippen molar-refractivity contribution < 1.29 is 19.1 Å². The van der Waals surface area contributed by atoms with Crippen molar-refractivity contribution in [3.8, 4) is 11.5 Å². The van der Waals surface area contributed by atoms with E-state index in [1.165, 1.54) is 14.2 Å². The minimum absolute atomic E-state index is 0.327. The maximum absolute atomic E-state index is 12.4. The van der Waals surface area contributed by atoms with Crippen LogP contribution in [0.15, 0.2) is 41.5 Å². The largest absolute Gasteiger partial charge is 0.493 e. The second-order valence-corrected chi connectivity index (χ2v) is 6.34. The molecule has 1 aromatic heterocycles. The summed E-state index contributed by atoms with van der Waals surface area (Å²) in [6, 6.07) is 4.87. The Morgan fingerprint density at radius 3 is 2.42 bits per heavy atom. The standard InChI is InChI=1S/C18H20BrN3O4/c1-5-6-11-7-12(8-15(25-3)16(11)26-4)17(23)20-21-18(24)14-9-13(19)10-22(14)2/h5,7-10H,1,6H2,2-4H3,(H,20,23)(H,21,24). The molecule has 26 heavy (non-hydrogen) atoms. The fourth-order valence-electron chi connectivity index (χ4n) is 2.48. The van der Waals surface area contributed by atoms with E-state index in [1.54, 1.807) is 42.1 Å². The molecule has 0 unspecified atom stereocenters. The molecule has 138 valence electrons. The minimum atomic E-state index is -0.474. The number of hydrogen-bond donors (Lipinski definition) is 2. The Bertz CT molecular complexity index is 845. The number of methoxy groups -OCH3 is 2. The number of amides is 2. The smallest absolute Gasteiger partial charge is 0.286 e. The van der Waals surface area contributed by atoms with E-state index in [2.05, 4.69) is 33.4 Å². The fraction of sp³-hybridized carbons (Fsp3) is 0.222. The summed E-state index contributed by atoms with van der Waals surface area (Å²) in [5.74, 6) is 0.0626. The Balaban J connectivity index is 2.18. The van der Waals surface area contributed by atoms with E-state index in [9.17, 15) is 9.59 Å². The van der Waals surface area contributed by atoms with Gasteiger partial charge in [-0.2, -0.15) is 0 Å². The van der Waals surface area contributed by atoms with Crippen LogP contribution in [0.4, 0.5) is 0 Å². The molecule has 0 radical (unpaired) electrons. The molecule has 8 heteroatoms. The van der Waals surface area contributed by atoms with Crippen LogP contribution in [-0.4, -0.2) is 30.6 Å². The summed E-state index contributed by atoms with van der Waals surface area (Å²) in [7, 11) is 4.76. The quantitative estimate of drug-likeness (QED) is 0.554. The van der Waals surface area contributed by atoms with Crippen LogP contribution >= 0.6 is 15.9 Å². The number of halogens is 1. The van der Waals surface area contributed by atoms with Crippen LogP contribution in [-0.2, 0) is 13.5 Å². The fourth-order valence-corrected chi connectivity index (χ4v) is 3.01. The lowest BCUT2D eigenvalue weighted by molar-refractivity contribution is 0.0842. The summed E-state index contributed by atoms with van der Waals surface area (Å²) in [6.07, 6.45) is 3.95. The molecule has 0 atom stereocenters.